The Morgan fingerprint density at radius 3 is 2.55 bits per heavy atom. The van der Waals surface area contributed by atoms with Crippen molar-refractivity contribution < 1.29 is 17.7 Å². The SMILES string of the molecule is Cc1cc(CNC(=O)/C=C/c2ccc(S(=O)(=O)Nc3ccccc3Cl)cc2)no1. The van der Waals surface area contributed by atoms with E-state index in [4.69, 9.17) is 16.1 Å². The monoisotopic (exact) mass is 431 g/mol. The molecule has 0 fully saturated rings. The summed E-state index contributed by atoms with van der Waals surface area (Å²) in [4.78, 5) is 12.0. The average Bonchev–Trinajstić information content (AvgIpc) is 3.12. The molecule has 150 valence electrons. The maximum Gasteiger partial charge on any atom is 0.261 e. The van der Waals surface area contributed by atoms with Crippen LogP contribution in [-0.4, -0.2) is 19.5 Å². The van der Waals surface area contributed by atoms with E-state index in [9.17, 15) is 13.2 Å². The fourth-order valence-corrected chi connectivity index (χ4v) is 3.73. The van der Waals surface area contributed by atoms with Crippen LogP contribution in [0.15, 0.2) is 70.1 Å². The fourth-order valence-electron chi connectivity index (χ4n) is 2.42. The topological polar surface area (TPSA) is 101 Å². The van der Waals surface area contributed by atoms with E-state index >= 15 is 0 Å². The van der Waals surface area contributed by atoms with Crippen molar-refractivity contribution in [2.24, 2.45) is 0 Å². The Morgan fingerprint density at radius 1 is 1.17 bits per heavy atom. The number of benzene rings is 2. The maximum absolute atomic E-state index is 12.5. The maximum atomic E-state index is 12.5. The lowest BCUT2D eigenvalue weighted by molar-refractivity contribution is -0.116. The lowest BCUT2D eigenvalue weighted by atomic mass is 10.2. The van der Waals surface area contributed by atoms with Gasteiger partial charge in [0.1, 0.15) is 11.5 Å². The number of nitrogens with one attached hydrogen (secondary N) is 2. The van der Waals surface area contributed by atoms with Gasteiger partial charge in [-0.3, -0.25) is 9.52 Å². The largest absolute Gasteiger partial charge is 0.361 e. The first-order chi connectivity index (χ1) is 13.8. The molecule has 0 aliphatic heterocycles. The minimum absolute atomic E-state index is 0.0837. The van der Waals surface area contributed by atoms with Crippen LogP contribution in [-0.2, 0) is 21.4 Å². The van der Waals surface area contributed by atoms with Gasteiger partial charge in [0, 0.05) is 12.1 Å². The molecule has 3 aromatic rings. The molecule has 1 aromatic heterocycles. The quantitative estimate of drug-likeness (QED) is 0.554. The van der Waals surface area contributed by atoms with Gasteiger partial charge in [-0.15, -0.1) is 0 Å². The molecule has 7 nitrogen and oxygen atoms in total. The van der Waals surface area contributed by atoms with E-state index in [0.29, 0.717) is 27.7 Å². The van der Waals surface area contributed by atoms with Crippen LogP contribution in [0.25, 0.3) is 6.08 Å². The first-order valence-electron chi connectivity index (χ1n) is 8.59. The highest BCUT2D eigenvalue weighted by molar-refractivity contribution is 7.92. The molecule has 0 unspecified atom stereocenters. The standard InChI is InChI=1S/C20H18ClN3O4S/c1-14-12-16(23-28-14)13-22-20(25)11-8-15-6-9-17(10-7-15)29(26,27)24-19-5-3-2-4-18(19)21/h2-12,24H,13H2,1H3,(H,22,25)/b11-8+. The molecule has 2 aromatic carbocycles. The Kier molecular flexibility index (Phi) is 6.36. The summed E-state index contributed by atoms with van der Waals surface area (Å²) in [5, 5.41) is 6.78. The van der Waals surface area contributed by atoms with Crippen LogP contribution in [0.3, 0.4) is 0 Å². The second-order valence-electron chi connectivity index (χ2n) is 6.13. The zero-order chi connectivity index (χ0) is 20.9. The van der Waals surface area contributed by atoms with Crippen LogP contribution in [0.2, 0.25) is 5.02 Å². The Balaban J connectivity index is 1.61. The van der Waals surface area contributed by atoms with Crippen molar-refractivity contribution in [3.63, 3.8) is 0 Å². The smallest absolute Gasteiger partial charge is 0.261 e. The minimum atomic E-state index is -3.77. The highest BCUT2D eigenvalue weighted by Crippen LogP contribution is 2.24. The summed E-state index contributed by atoms with van der Waals surface area (Å²) < 4.78 is 32.4. The van der Waals surface area contributed by atoms with E-state index in [0.717, 1.165) is 0 Å². The summed E-state index contributed by atoms with van der Waals surface area (Å²) in [6.07, 6.45) is 2.94. The van der Waals surface area contributed by atoms with Crippen molar-refractivity contribution in [3.05, 3.63) is 82.7 Å². The van der Waals surface area contributed by atoms with E-state index in [1.807, 2.05) is 0 Å². The van der Waals surface area contributed by atoms with Crippen molar-refractivity contribution in [2.45, 2.75) is 18.4 Å². The number of hydrogen-bond donors (Lipinski definition) is 2. The van der Waals surface area contributed by atoms with Gasteiger partial charge in [-0.25, -0.2) is 8.42 Å². The van der Waals surface area contributed by atoms with Gasteiger partial charge in [-0.1, -0.05) is 41.0 Å². The second kappa shape index (κ2) is 8.93. The number of carbonyl (C=O) groups is 1. The molecule has 1 heterocycles. The van der Waals surface area contributed by atoms with Crippen LogP contribution < -0.4 is 10.0 Å². The zero-order valence-electron chi connectivity index (χ0n) is 15.4. The number of halogens is 1. The summed E-state index contributed by atoms with van der Waals surface area (Å²) in [5.41, 5.74) is 1.61. The molecule has 0 atom stereocenters. The van der Waals surface area contributed by atoms with Gasteiger partial charge < -0.3 is 9.84 Å². The van der Waals surface area contributed by atoms with Crippen molar-refractivity contribution in [1.29, 1.82) is 0 Å². The second-order valence-corrected chi connectivity index (χ2v) is 8.22. The predicted octanol–water partition coefficient (Wildman–Crippen LogP) is 3.77. The molecule has 2 N–H and O–H groups in total. The number of nitrogens with zero attached hydrogens (tertiary/aromatic N) is 1. The molecular weight excluding hydrogens is 414 g/mol. The summed E-state index contributed by atoms with van der Waals surface area (Å²) >= 11 is 6.00. The summed E-state index contributed by atoms with van der Waals surface area (Å²) in [7, 11) is -3.77. The van der Waals surface area contributed by atoms with E-state index in [1.54, 1.807) is 55.5 Å². The molecule has 29 heavy (non-hydrogen) atoms. The van der Waals surface area contributed by atoms with Crippen molar-refractivity contribution in [1.82, 2.24) is 10.5 Å². The highest BCUT2D eigenvalue weighted by Gasteiger charge is 2.15. The van der Waals surface area contributed by atoms with Gasteiger partial charge in [-0.05, 0) is 42.8 Å². The number of carbonyl (C=O) groups excluding carboxylic acids is 1. The highest BCUT2D eigenvalue weighted by atomic mass is 35.5. The summed E-state index contributed by atoms with van der Waals surface area (Å²) in [6, 6.07) is 14.4. The van der Waals surface area contributed by atoms with Gasteiger partial charge >= 0.3 is 0 Å². The normalized spacial score (nSPS) is 11.5. The van der Waals surface area contributed by atoms with E-state index < -0.39 is 10.0 Å². The molecule has 1 amide bonds. The Labute approximate surface area is 173 Å². The lowest BCUT2D eigenvalue weighted by Crippen LogP contribution is -2.20. The van der Waals surface area contributed by atoms with Crippen LogP contribution in [0.4, 0.5) is 5.69 Å². The van der Waals surface area contributed by atoms with E-state index in [-0.39, 0.29) is 17.3 Å². The molecule has 0 aliphatic rings. The summed E-state index contributed by atoms with van der Waals surface area (Å²) in [5.74, 6) is 0.367. The van der Waals surface area contributed by atoms with Crippen LogP contribution in [0, 0.1) is 6.92 Å². The number of rotatable bonds is 7. The molecule has 0 saturated carbocycles. The van der Waals surface area contributed by atoms with Crippen LogP contribution in [0.5, 0.6) is 0 Å². The molecule has 0 saturated heterocycles. The Bertz CT molecular complexity index is 1140. The molecule has 9 heteroatoms. The van der Waals surface area contributed by atoms with Gasteiger partial charge in [0.25, 0.3) is 10.0 Å². The third kappa shape index (κ3) is 5.69. The van der Waals surface area contributed by atoms with Gasteiger partial charge in [0.15, 0.2) is 0 Å². The third-order valence-electron chi connectivity index (χ3n) is 3.86. The van der Waals surface area contributed by atoms with E-state index in [1.165, 1.54) is 18.2 Å². The number of hydrogen-bond acceptors (Lipinski definition) is 5. The number of aromatic nitrogens is 1. The summed E-state index contributed by atoms with van der Waals surface area (Å²) in [6.45, 7) is 2.03. The number of para-hydroxylation sites is 1. The Morgan fingerprint density at radius 2 is 1.90 bits per heavy atom. The van der Waals surface area contributed by atoms with Gasteiger partial charge in [0.2, 0.25) is 5.91 Å². The third-order valence-corrected chi connectivity index (χ3v) is 5.57. The number of aryl methyl sites for hydroxylation is 1. The first-order valence-corrected chi connectivity index (χ1v) is 10.4. The lowest BCUT2D eigenvalue weighted by Gasteiger charge is -2.09. The van der Waals surface area contributed by atoms with Crippen LogP contribution in [0.1, 0.15) is 17.0 Å². The van der Waals surface area contributed by atoms with Crippen LogP contribution >= 0.6 is 11.6 Å². The molecule has 3 rings (SSSR count). The van der Waals surface area contributed by atoms with E-state index in [2.05, 4.69) is 15.2 Å². The van der Waals surface area contributed by atoms with Crippen molar-refractivity contribution >= 4 is 39.3 Å². The molecule has 0 bridgehead atoms. The fraction of sp³-hybridized carbons (Fsp3) is 0.100. The minimum Gasteiger partial charge on any atom is -0.361 e. The average molecular weight is 432 g/mol. The van der Waals surface area contributed by atoms with Gasteiger partial charge in [0.05, 0.1) is 22.2 Å². The number of amides is 1. The Hall–Kier alpha value is -3.10. The first kappa shape index (κ1) is 20.6. The van der Waals surface area contributed by atoms with Crippen molar-refractivity contribution in [2.75, 3.05) is 4.72 Å². The predicted molar refractivity (Wildman–Crippen MR) is 111 cm³/mol. The molecule has 0 spiro atoms. The van der Waals surface area contributed by atoms with Crippen molar-refractivity contribution in [3.8, 4) is 0 Å². The molecule has 0 aliphatic carbocycles. The van der Waals surface area contributed by atoms with Gasteiger partial charge in [-0.2, -0.15) is 0 Å². The number of anilines is 1. The molecular formula is C20H18ClN3O4S. The molecule has 0 radical (unpaired) electrons. The zero-order valence-corrected chi connectivity index (χ0v) is 17.0. The number of sulfonamides is 1.